The highest BCUT2D eigenvalue weighted by molar-refractivity contribution is 6.05. The van der Waals surface area contributed by atoms with Crippen molar-refractivity contribution < 1.29 is 14.3 Å². The topological polar surface area (TPSA) is 56.6 Å². The van der Waals surface area contributed by atoms with Crippen LogP contribution in [-0.4, -0.2) is 58.4 Å². The fraction of sp³-hybridized carbons (Fsp3) is 0.680. The fourth-order valence-corrected chi connectivity index (χ4v) is 5.71. The molecule has 0 amide bonds. The lowest BCUT2D eigenvalue weighted by Crippen LogP contribution is -2.57. The molecule has 0 radical (unpaired) electrons. The molecule has 168 valence electrons. The van der Waals surface area contributed by atoms with Crippen LogP contribution in [0.25, 0.3) is 11.0 Å². The Labute approximate surface area is 184 Å². The van der Waals surface area contributed by atoms with Crippen molar-refractivity contribution in [1.82, 2.24) is 14.5 Å². The third-order valence-corrected chi connectivity index (χ3v) is 7.62. The number of ether oxygens (including phenoxy) is 2. The molecule has 1 atom stereocenters. The van der Waals surface area contributed by atoms with Crippen molar-refractivity contribution >= 4 is 17.0 Å². The second-order valence-electron chi connectivity index (χ2n) is 9.65. The minimum Gasteiger partial charge on any atom is -0.462 e. The van der Waals surface area contributed by atoms with E-state index in [1.54, 1.807) is 0 Å². The smallest absolute Gasteiger partial charge is 0.340 e. The van der Waals surface area contributed by atoms with E-state index in [9.17, 15) is 4.79 Å². The minimum absolute atomic E-state index is 0.242. The van der Waals surface area contributed by atoms with E-state index in [4.69, 9.17) is 9.47 Å². The van der Waals surface area contributed by atoms with E-state index in [-0.39, 0.29) is 5.97 Å². The van der Waals surface area contributed by atoms with Gasteiger partial charge in [-0.2, -0.15) is 0 Å². The van der Waals surface area contributed by atoms with Crippen molar-refractivity contribution in [1.29, 1.82) is 0 Å². The zero-order chi connectivity index (χ0) is 21.5. The zero-order valence-electron chi connectivity index (χ0n) is 19.0. The van der Waals surface area contributed by atoms with Crippen molar-refractivity contribution in [3.8, 4) is 0 Å². The molecule has 2 aliphatic carbocycles. The first-order valence-electron chi connectivity index (χ1n) is 12.1. The van der Waals surface area contributed by atoms with Gasteiger partial charge in [0.15, 0.2) is 0 Å². The average molecular weight is 426 g/mol. The highest BCUT2D eigenvalue weighted by Crippen LogP contribution is 2.39. The summed E-state index contributed by atoms with van der Waals surface area (Å²) in [6.07, 6.45) is 10.3. The Morgan fingerprint density at radius 3 is 2.58 bits per heavy atom. The van der Waals surface area contributed by atoms with Gasteiger partial charge in [-0.15, -0.1) is 0 Å². The molecule has 2 aromatic rings. The first-order chi connectivity index (χ1) is 15.1. The summed E-state index contributed by atoms with van der Waals surface area (Å²) in [6.45, 7) is 8.81. The maximum atomic E-state index is 12.7. The van der Waals surface area contributed by atoms with Crippen molar-refractivity contribution in [2.24, 2.45) is 5.92 Å². The quantitative estimate of drug-likeness (QED) is 0.611. The molecule has 3 fully saturated rings. The molecule has 6 nitrogen and oxygen atoms in total. The summed E-state index contributed by atoms with van der Waals surface area (Å²) in [5.41, 5.74) is 2.55. The predicted octanol–water partition coefficient (Wildman–Crippen LogP) is 4.50. The Bertz CT molecular complexity index is 937. The number of nitrogens with zero attached hydrogens (tertiary/aromatic N) is 3. The van der Waals surface area contributed by atoms with Crippen LogP contribution in [0.3, 0.4) is 0 Å². The highest BCUT2D eigenvalue weighted by atomic mass is 16.5. The molecule has 31 heavy (non-hydrogen) atoms. The molecule has 3 aliphatic rings. The number of esters is 1. The Kier molecular flexibility index (Phi) is 5.78. The Morgan fingerprint density at radius 1 is 1.16 bits per heavy atom. The van der Waals surface area contributed by atoms with Gasteiger partial charge in [-0.3, -0.25) is 4.90 Å². The molecule has 0 N–H and O–H groups in total. The number of aromatic nitrogens is 2. The van der Waals surface area contributed by atoms with Gasteiger partial charge in [0.25, 0.3) is 0 Å². The predicted molar refractivity (Wildman–Crippen MR) is 120 cm³/mol. The largest absolute Gasteiger partial charge is 0.462 e. The van der Waals surface area contributed by atoms with Gasteiger partial charge in [-0.25, -0.2) is 9.78 Å². The zero-order valence-corrected chi connectivity index (χ0v) is 19.0. The molecule has 0 spiro atoms. The van der Waals surface area contributed by atoms with E-state index in [0.29, 0.717) is 42.4 Å². The number of hydrogen-bond donors (Lipinski definition) is 0. The molecule has 2 aromatic heterocycles. The summed E-state index contributed by atoms with van der Waals surface area (Å²) in [6, 6.07) is 4.91. The van der Waals surface area contributed by atoms with Crippen molar-refractivity contribution in [3.63, 3.8) is 0 Å². The van der Waals surface area contributed by atoms with Gasteiger partial charge in [0, 0.05) is 42.5 Å². The first-order valence-corrected chi connectivity index (χ1v) is 12.1. The molecule has 6 heteroatoms. The number of carbonyl (C=O) groups is 1. The molecule has 1 aliphatic heterocycles. The van der Waals surface area contributed by atoms with Crippen molar-refractivity contribution in [3.05, 3.63) is 29.6 Å². The molecule has 1 saturated heterocycles. The molecule has 2 saturated carbocycles. The van der Waals surface area contributed by atoms with E-state index in [0.717, 1.165) is 29.8 Å². The standard InChI is InChI=1S/C25H35N3O3/c1-4-30-25(29)23-17(3)28(24-22(23)6-5-13-26-24)16(2)18-7-9-19(10-8-18)27-14-21(15-27)31-20-11-12-20/h5-6,13,16,18-21H,4,7-12,14-15H2,1-3H3. The van der Waals surface area contributed by atoms with Crippen LogP contribution in [0.4, 0.5) is 0 Å². The van der Waals surface area contributed by atoms with E-state index >= 15 is 0 Å². The normalized spacial score (nSPS) is 26.0. The number of rotatable bonds is 7. The number of likely N-dealkylation sites (tertiary alicyclic amines) is 1. The summed E-state index contributed by atoms with van der Waals surface area (Å²) in [5, 5.41) is 0.904. The second-order valence-corrected chi connectivity index (χ2v) is 9.65. The van der Waals surface area contributed by atoms with Gasteiger partial charge < -0.3 is 14.0 Å². The lowest BCUT2D eigenvalue weighted by molar-refractivity contribution is -0.0864. The van der Waals surface area contributed by atoms with Gasteiger partial charge in [0.05, 0.1) is 24.4 Å². The monoisotopic (exact) mass is 425 g/mol. The second kappa shape index (κ2) is 8.55. The van der Waals surface area contributed by atoms with Gasteiger partial charge in [0.1, 0.15) is 5.65 Å². The molecular weight excluding hydrogens is 390 g/mol. The molecule has 0 bridgehead atoms. The van der Waals surface area contributed by atoms with Crippen LogP contribution in [0.5, 0.6) is 0 Å². The molecule has 1 unspecified atom stereocenters. The van der Waals surface area contributed by atoms with Crippen LogP contribution in [-0.2, 0) is 9.47 Å². The van der Waals surface area contributed by atoms with E-state index < -0.39 is 0 Å². The van der Waals surface area contributed by atoms with E-state index in [2.05, 4.69) is 21.4 Å². The summed E-state index contributed by atoms with van der Waals surface area (Å²) in [4.78, 5) is 20.0. The van der Waals surface area contributed by atoms with Gasteiger partial charge in [0.2, 0.25) is 0 Å². The van der Waals surface area contributed by atoms with Crippen LogP contribution in [0.1, 0.15) is 74.5 Å². The Balaban J connectivity index is 1.27. The van der Waals surface area contributed by atoms with Gasteiger partial charge >= 0.3 is 5.97 Å². The third kappa shape index (κ3) is 4.00. The van der Waals surface area contributed by atoms with Gasteiger partial charge in [-0.05, 0) is 77.3 Å². The lowest BCUT2D eigenvalue weighted by Gasteiger charge is -2.47. The van der Waals surface area contributed by atoms with E-state index in [1.807, 2.05) is 32.2 Å². The molecule has 3 heterocycles. The summed E-state index contributed by atoms with van der Waals surface area (Å²) in [5.74, 6) is 0.357. The highest BCUT2D eigenvalue weighted by Gasteiger charge is 2.39. The van der Waals surface area contributed by atoms with Crippen molar-refractivity contribution in [2.45, 2.75) is 83.6 Å². The number of pyridine rings is 1. The Morgan fingerprint density at radius 2 is 1.90 bits per heavy atom. The van der Waals surface area contributed by atoms with Crippen molar-refractivity contribution in [2.75, 3.05) is 19.7 Å². The van der Waals surface area contributed by atoms with Crippen LogP contribution < -0.4 is 0 Å². The summed E-state index contributed by atoms with van der Waals surface area (Å²) < 4.78 is 13.7. The average Bonchev–Trinajstić information content (AvgIpc) is 3.51. The molecule has 5 rings (SSSR count). The van der Waals surface area contributed by atoms with Crippen LogP contribution >= 0.6 is 0 Å². The van der Waals surface area contributed by atoms with Crippen LogP contribution in [0, 0.1) is 12.8 Å². The summed E-state index contributed by atoms with van der Waals surface area (Å²) >= 11 is 0. The minimum atomic E-state index is -0.242. The maximum Gasteiger partial charge on any atom is 0.340 e. The molecule has 0 aromatic carbocycles. The lowest BCUT2D eigenvalue weighted by atomic mass is 9.80. The van der Waals surface area contributed by atoms with Crippen LogP contribution in [0.15, 0.2) is 18.3 Å². The van der Waals surface area contributed by atoms with Crippen LogP contribution in [0.2, 0.25) is 0 Å². The SMILES string of the molecule is CCOC(=O)c1c(C)n(C(C)C2CCC(N3CC(OC4CC4)C3)CC2)c2ncccc12. The number of carbonyl (C=O) groups excluding carboxylic acids is 1. The third-order valence-electron chi connectivity index (χ3n) is 7.62. The van der Waals surface area contributed by atoms with E-state index in [1.165, 1.54) is 38.5 Å². The fourth-order valence-electron chi connectivity index (χ4n) is 5.71. The summed E-state index contributed by atoms with van der Waals surface area (Å²) in [7, 11) is 0. The number of fused-ring (bicyclic) bond motifs is 1. The Hall–Kier alpha value is -1.92. The van der Waals surface area contributed by atoms with Gasteiger partial charge in [-0.1, -0.05) is 0 Å². The first kappa shape index (κ1) is 21.0. The number of hydrogen-bond acceptors (Lipinski definition) is 5. The molecular formula is C25H35N3O3. The maximum absolute atomic E-state index is 12.7.